The highest BCUT2D eigenvalue weighted by Crippen LogP contribution is 2.17. The number of fused-ring (bicyclic) bond motifs is 1. The van der Waals surface area contributed by atoms with E-state index in [1.807, 2.05) is 0 Å². The Labute approximate surface area is 91.6 Å². The summed E-state index contributed by atoms with van der Waals surface area (Å²) in [5.74, 6) is -0.595. The van der Waals surface area contributed by atoms with E-state index in [1.54, 1.807) is 24.3 Å². The number of sulfone groups is 1. The number of hydrogen-bond acceptors (Lipinski definition) is 5. The van der Waals surface area contributed by atoms with Crippen LogP contribution in [0, 0.1) is 11.3 Å². The van der Waals surface area contributed by atoms with Crippen molar-refractivity contribution in [2.75, 3.05) is 11.5 Å². The Balaban J connectivity index is 2.61. The van der Waals surface area contributed by atoms with Gasteiger partial charge >= 0.3 is 0 Å². The molecule has 2 aromatic rings. The van der Waals surface area contributed by atoms with Gasteiger partial charge in [0, 0.05) is 5.69 Å². The summed E-state index contributed by atoms with van der Waals surface area (Å²) in [5, 5.41) is 8.19. The molecule has 1 aromatic carbocycles. The Bertz CT molecular complexity index is 681. The van der Waals surface area contributed by atoms with Crippen LogP contribution in [-0.2, 0) is 9.84 Å². The van der Waals surface area contributed by atoms with E-state index in [4.69, 9.17) is 11.0 Å². The first-order valence-electron chi connectivity index (χ1n) is 4.38. The zero-order valence-corrected chi connectivity index (χ0v) is 8.95. The minimum absolute atomic E-state index is 0.199. The van der Waals surface area contributed by atoms with Crippen molar-refractivity contribution in [1.29, 1.82) is 5.26 Å². The van der Waals surface area contributed by atoms with E-state index in [2.05, 4.69) is 9.97 Å². The number of benzene rings is 1. The van der Waals surface area contributed by atoms with Crippen LogP contribution in [0.15, 0.2) is 23.4 Å². The molecule has 0 aliphatic carbocycles. The summed E-state index contributed by atoms with van der Waals surface area (Å²) in [6.07, 6.45) is 0. The van der Waals surface area contributed by atoms with Gasteiger partial charge in [0.1, 0.15) is 5.75 Å². The third-order valence-electron chi connectivity index (χ3n) is 2.03. The molecule has 1 aromatic heterocycles. The van der Waals surface area contributed by atoms with E-state index in [0.717, 1.165) is 0 Å². The molecular formula is C9H8N4O2S. The molecular weight excluding hydrogens is 228 g/mol. The molecule has 2 rings (SSSR count). The predicted octanol–water partition coefficient (Wildman–Crippen LogP) is 0.442. The Morgan fingerprint density at radius 3 is 2.94 bits per heavy atom. The molecule has 0 radical (unpaired) electrons. The van der Waals surface area contributed by atoms with E-state index in [9.17, 15) is 8.42 Å². The summed E-state index contributed by atoms with van der Waals surface area (Å²) in [4.78, 5) is 6.53. The zero-order chi connectivity index (χ0) is 11.8. The van der Waals surface area contributed by atoms with Crippen LogP contribution in [0.25, 0.3) is 11.0 Å². The Morgan fingerprint density at radius 1 is 1.50 bits per heavy atom. The van der Waals surface area contributed by atoms with Gasteiger partial charge in [-0.1, -0.05) is 0 Å². The molecule has 0 fully saturated rings. The smallest absolute Gasteiger partial charge is 0.227 e. The molecule has 0 saturated carbocycles. The summed E-state index contributed by atoms with van der Waals surface area (Å²) in [6.45, 7) is 0. The molecule has 3 N–H and O–H groups in total. The van der Waals surface area contributed by atoms with Gasteiger partial charge in [-0.25, -0.2) is 13.4 Å². The highest BCUT2D eigenvalue weighted by Gasteiger charge is 2.18. The van der Waals surface area contributed by atoms with Crippen molar-refractivity contribution in [3.63, 3.8) is 0 Å². The summed E-state index contributed by atoms with van der Waals surface area (Å²) < 4.78 is 23.1. The monoisotopic (exact) mass is 236 g/mol. The van der Waals surface area contributed by atoms with Gasteiger partial charge in [0.15, 0.2) is 0 Å². The second-order valence-corrected chi connectivity index (χ2v) is 5.14. The minimum Gasteiger partial charge on any atom is -0.399 e. The van der Waals surface area contributed by atoms with Crippen LogP contribution in [0.5, 0.6) is 0 Å². The molecule has 6 nitrogen and oxygen atoms in total. The lowest BCUT2D eigenvalue weighted by molar-refractivity contribution is 0.592. The number of hydrogen-bond donors (Lipinski definition) is 2. The molecule has 0 saturated heterocycles. The van der Waals surface area contributed by atoms with E-state index in [-0.39, 0.29) is 5.16 Å². The van der Waals surface area contributed by atoms with Gasteiger partial charge < -0.3 is 10.7 Å². The quantitative estimate of drug-likeness (QED) is 0.734. The van der Waals surface area contributed by atoms with Crippen LogP contribution in [0.3, 0.4) is 0 Å². The lowest BCUT2D eigenvalue weighted by atomic mass is 10.3. The van der Waals surface area contributed by atoms with Crippen molar-refractivity contribution in [2.24, 2.45) is 0 Å². The molecule has 16 heavy (non-hydrogen) atoms. The van der Waals surface area contributed by atoms with Crippen molar-refractivity contribution in [3.05, 3.63) is 18.2 Å². The number of nitrogens with one attached hydrogen (secondary N) is 1. The van der Waals surface area contributed by atoms with Crippen molar-refractivity contribution >= 4 is 26.6 Å². The first kappa shape index (κ1) is 10.4. The number of anilines is 1. The summed E-state index contributed by atoms with van der Waals surface area (Å²) in [6, 6.07) is 6.43. The fourth-order valence-electron chi connectivity index (χ4n) is 1.30. The van der Waals surface area contributed by atoms with Crippen LogP contribution in [0.4, 0.5) is 5.69 Å². The minimum atomic E-state index is -3.65. The van der Waals surface area contributed by atoms with Gasteiger partial charge in [0.25, 0.3) is 0 Å². The lowest BCUT2D eigenvalue weighted by Gasteiger charge is -1.91. The van der Waals surface area contributed by atoms with Crippen LogP contribution < -0.4 is 5.73 Å². The number of rotatable bonds is 2. The topological polar surface area (TPSA) is 113 Å². The number of nitrogens with zero attached hydrogens (tertiary/aromatic N) is 2. The largest absolute Gasteiger partial charge is 0.399 e. The molecule has 0 amide bonds. The van der Waals surface area contributed by atoms with Gasteiger partial charge in [-0.15, -0.1) is 0 Å². The predicted molar refractivity (Wildman–Crippen MR) is 58.2 cm³/mol. The first-order valence-corrected chi connectivity index (χ1v) is 6.03. The second kappa shape index (κ2) is 3.50. The number of nitriles is 1. The average molecular weight is 236 g/mol. The molecule has 0 spiro atoms. The summed E-state index contributed by atoms with van der Waals surface area (Å²) in [5.41, 5.74) is 7.11. The molecule has 0 aliphatic rings. The molecule has 82 valence electrons. The molecule has 0 atom stereocenters. The molecule has 0 bridgehead atoms. The zero-order valence-electron chi connectivity index (χ0n) is 8.14. The fraction of sp³-hybridized carbons (Fsp3) is 0.111. The van der Waals surface area contributed by atoms with Gasteiger partial charge in [-0.2, -0.15) is 5.26 Å². The van der Waals surface area contributed by atoms with Gasteiger partial charge in [0.05, 0.1) is 17.1 Å². The number of H-pyrrole nitrogens is 1. The molecule has 1 heterocycles. The van der Waals surface area contributed by atoms with E-state index in [0.29, 0.717) is 16.7 Å². The first-order chi connectivity index (χ1) is 7.53. The van der Waals surface area contributed by atoms with Crippen LogP contribution in [0.2, 0.25) is 0 Å². The third-order valence-corrected chi connectivity index (χ3v) is 3.33. The van der Waals surface area contributed by atoms with Crippen LogP contribution in [-0.4, -0.2) is 24.1 Å². The van der Waals surface area contributed by atoms with Crippen molar-refractivity contribution in [2.45, 2.75) is 5.16 Å². The van der Waals surface area contributed by atoms with E-state index < -0.39 is 15.6 Å². The number of nitrogen functional groups attached to an aromatic ring is 1. The van der Waals surface area contributed by atoms with E-state index in [1.165, 1.54) is 0 Å². The third kappa shape index (κ3) is 1.70. The molecule has 7 heteroatoms. The average Bonchev–Trinajstić information content (AvgIpc) is 2.61. The molecule has 0 unspecified atom stereocenters. The van der Waals surface area contributed by atoms with Crippen molar-refractivity contribution < 1.29 is 8.42 Å². The Morgan fingerprint density at radius 2 is 2.25 bits per heavy atom. The maximum atomic E-state index is 11.5. The van der Waals surface area contributed by atoms with Gasteiger partial charge in [0.2, 0.25) is 15.0 Å². The van der Waals surface area contributed by atoms with Crippen LogP contribution in [0.1, 0.15) is 0 Å². The normalized spacial score (nSPS) is 11.4. The lowest BCUT2D eigenvalue weighted by Crippen LogP contribution is -2.06. The summed E-state index contributed by atoms with van der Waals surface area (Å²) >= 11 is 0. The van der Waals surface area contributed by atoms with Gasteiger partial charge in [-0.3, -0.25) is 0 Å². The van der Waals surface area contributed by atoms with Crippen molar-refractivity contribution in [3.8, 4) is 6.07 Å². The SMILES string of the molecule is N#CCS(=O)(=O)c1nc2ccc(N)cc2[nH]1. The maximum Gasteiger partial charge on any atom is 0.227 e. The highest BCUT2D eigenvalue weighted by atomic mass is 32.2. The van der Waals surface area contributed by atoms with Crippen molar-refractivity contribution in [1.82, 2.24) is 9.97 Å². The second-order valence-electron chi connectivity index (χ2n) is 3.24. The maximum absolute atomic E-state index is 11.5. The Kier molecular flexibility index (Phi) is 2.29. The highest BCUT2D eigenvalue weighted by molar-refractivity contribution is 7.91. The standard InChI is InChI=1S/C9H8N4O2S/c10-3-4-16(14,15)9-12-7-2-1-6(11)5-8(7)13-9/h1-2,5H,4,11H2,(H,12,13). The number of imidazole rings is 1. The van der Waals surface area contributed by atoms with Crippen LogP contribution >= 0.6 is 0 Å². The fourth-order valence-corrected chi connectivity index (χ4v) is 2.11. The Hall–Kier alpha value is -2.07. The summed E-state index contributed by atoms with van der Waals surface area (Å²) in [7, 11) is -3.65. The van der Waals surface area contributed by atoms with E-state index >= 15 is 0 Å². The van der Waals surface area contributed by atoms with Gasteiger partial charge in [-0.05, 0) is 18.2 Å². The number of aromatic amines is 1. The number of nitrogens with two attached hydrogens (primary N) is 1. The number of aromatic nitrogens is 2. The molecule has 0 aliphatic heterocycles.